The Balaban J connectivity index is 1.55. The monoisotopic (exact) mass is 344 g/mol. The lowest BCUT2D eigenvalue weighted by Crippen LogP contribution is -2.47. The van der Waals surface area contributed by atoms with E-state index in [0.717, 1.165) is 51.3 Å². The molecule has 1 aromatic carbocycles. The summed E-state index contributed by atoms with van der Waals surface area (Å²) in [6, 6.07) is 8.35. The molecule has 25 heavy (non-hydrogen) atoms. The number of piperazine rings is 1. The summed E-state index contributed by atoms with van der Waals surface area (Å²) in [7, 11) is 1.76. The number of rotatable bonds is 7. The maximum Gasteiger partial charge on any atom is 0.244 e. The summed E-state index contributed by atoms with van der Waals surface area (Å²) in [6.07, 6.45) is 1.09. The van der Waals surface area contributed by atoms with Gasteiger partial charge in [0, 0.05) is 52.0 Å². The average molecular weight is 344 g/mol. The van der Waals surface area contributed by atoms with E-state index >= 15 is 0 Å². The highest BCUT2D eigenvalue weighted by molar-refractivity contribution is 5.54. The van der Waals surface area contributed by atoms with E-state index in [4.69, 9.17) is 9.26 Å². The molecular formula is C19H28N4O2. The Morgan fingerprint density at radius 2 is 1.88 bits per heavy atom. The molecule has 2 heterocycles. The molecule has 0 aliphatic carbocycles. The van der Waals surface area contributed by atoms with Gasteiger partial charge in [-0.2, -0.15) is 4.98 Å². The number of ether oxygens (including phenoxy) is 1. The second-order valence-corrected chi connectivity index (χ2v) is 6.72. The molecule has 0 N–H and O–H groups in total. The number of benzene rings is 1. The van der Waals surface area contributed by atoms with Crippen molar-refractivity contribution in [3.8, 4) is 11.4 Å². The number of hydrogen-bond acceptors (Lipinski definition) is 6. The van der Waals surface area contributed by atoms with Crippen LogP contribution in [0.4, 0.5) is 0 Å². The van der Waals surface area contributed by atoms with Crippen LogP contribution in [-0.4, -0.2) is 66.4 Å². The minimum absolute atomic E-state index is 0.146. The molecule has 1 aliphatic heterocycles. The Kier molecular flexibility index (Phi) is 6.18. The molecule has 3 rings (SSSR count). The smallest absolute Gasteiger partial charge is 0.244 e. The van der Waals surface area contributed by atoms with Gasteiger partial charge in [-0.25, -0.2) is 0 Å². The predicted molar refractivity (Wildman–Crippen MR) is 97.4 cm³/mol. The summed E-state index contributed by atoms with van der Waals surface area (Å²) in [5, 5.41) is 4.16. The van der Waals surface area contributed by atoms with Crippen LogP contribution in [0.5, 0.6) is 0 Å². The molecule has 1 atom stereocenters. The maximum absolute atomic E-state index is 5.54. The second-order valence-electron chi connectivity index (χ2n) is 6.72. The van der Waals surface area contributed by atoms with E-state index in [1.807, 2.05) is 12.1 Å². The van der Waals surface area contributed by atoms with E-state index in [9.17, 15) is 0 Å². The number of aromatic nitrogens is 2. The van der Waals surface area contributed by atoms with Crippen molar-refractivity contribution in [1.82, 2.24) is 19.9 Å². The number of methoxy groups -OCH3 is 1. The van der Waals surface area contributed by atoms with Crippen LogP contribution in [0.2, 0.25) is 0 Å². The molecule has 1 aliphatic rings. The van der Waals surface area contributed by atoms with E-state index in [1.165, 1.54) is 5.56 Å². The number of nitrogens with zero attached hydrogens (tertiary/aromatic N) is 4. The molecule has 6 nitrogen and oxygen atoms in total. The quantitative estimate of drug-likeness (QED) is 0.720. The SMILES string of the molecule is COCCCN1CCN(C(C)c2nc(-c3ccc(C)cc3)no2)CC1. The van der Waals surface area contributed by atoms with Crippen LogP contribution in [0.3, 0.4) is 0 Å². The lowest BCUT2D eigenvalue weighted by molar-refractivity contribution is 0.0816. The molecule has 1 aromatic heterocycles. The van der Waals surface area contributed by atoms with Gasteiger partial charge in [-0.1, -0.05) is 35.0 Å². The molecule has 6 heteroatoms. The first kappa shape index (κ1) is 18.0. The first-order valence-corrected chi connectivity index (χ1v) is 9.03. The molecular weight excluding hydrogens is 316 g/mol. The summed E-state index contributed by atoms with van der Waals surface area (Å²) in [6.45, 7) is 10.4. The van der Waals surface area contributed by atoms with Gasteiger partial charge < -0.3 is 14.2 Å². The van der Waals surface area contributed by atoms with Gasteiger partial charge in [0.1, 0.15) is 0 Å². The van der Waals surface area contributed by atoms with Crippen LogP contribution in [0.1, 0.15) is 30.8 Å². The molecule has 0 bridgehead atoms. The van der Waals surface area contributed by atoms with Crippen LogP contribution in [0, 0.1) is 6.92 Å². The zero-order valence-corrected chi connectivity index (χ0v) is 15.4. The van der Waals surface area contributed by atoms with Crippen molar-refractivity contribution in [3.63, 3.8) is 0 Å². The highest BCUT2D eigenvalue weighted by Gasteiger charge is 2.25. The van der Waals surface area contributed by atoms with Crippen LogP contribution < -0.4 is 0 Å². The highest BCUT2D eigenvalue weighted by atomic mass is 16.5. The molecule has 1 saturated heterocycles. The Morgan fingerprint density at radius 3 is 2.56 bits per heavy atom. The lowest BCUT2D eigenvalue weighted by Gasteiger charge is -2.36. The van der Waals surface area contributed by atoms with E-state index in [2.05, 4.69) is 45.9 Å². The first-order valence-electron chi connectivity index (χ1n) is 9.03. The molecule has 1 unspecified atom stereocenters. The van der Waals surface area contributed by atoms with Gasteiger partial charge in [0.15, 0.2) is 0 Å². The summed E-state index contributed by atoms with van der Waals surface area (Å²) >= 11 is 0. The standard InChI is InChI=1S/C19H28N4O2/c1-15-5-7-17(8-6-15)18-20-19(25-21-18)16(2)23-12-10-22(11-13-23)9-4-14-24-3/h5-8,16H,4,9-14H2,1-3H3. The van der Waals surface area contributed by atoms with Gasteiger partial charge in [-0.05, 0) is 20.3 Å². The highest BCUT2D eigenvalue weighted by Crippen LogP contribution is 2.23. The van der Waals surface area contributed by atoms with Crippen molar-refractivity contribution in [2.45, 2.75) is 26.3 Å². The number of aryl methyl sites for hydroxylation is 1. The van der Waals surface area contributed by atoms with Gasteiger partial charge >= 0.3 is 0 Å². The minimum Gasteiger partial charge on any atom is -0.385 e. The zero-order valence-electron chi connectivity index (χ0n) is 15.4. The van der Waals surface area contributed by atoms with Crippen molar-refractivity contribution in [1.29, 1.82) is 0 Å². The first-order chi connectivity index (χ1) is 12.2. The summed E-state index contributed by atoms with van der Waals surface area (Å²) in [5.74, 6) is 1.36. The minimum atomic E-state index is 0.146. The topological polar surface area (TPSA) is 54.6 Å². The second kappa shape index (κ2) is 8.56. The zero-order chi connectivity index (χ0) is 17.6. The van der Waals surface area contributed by atoms with E-state index in [0.29, 0.717) is 11.7 Å². The Morgan fingerprint density at radius 1 is 1.16 bits per heavy atom. The number of hydrogen-bond donors (Lipinski definition) is 0. The maximum atomic E-state index is 5.54. The van der Waals surface area contributed by atoms with Crippen LogP contribution in [-0.2, 0) is 4.74 Å². The average Bonchev–Trinajstić information content (AvgIpc) is 3.13. The van der Waals surface area contributed by atoms with E-state index in [-0.39, 0.29) is 6.04 Å². The van der Waals surface area contributed by atoms with Gasteiger partial charge in [-0.3, -0.25) is 4.90 Å². The molecule has 136 valence electrons. The van der Waals surface area contributed by atoms with Gasteiger partial charge in [0.05, 0.1) is 6.04 Å². The lowest BCUT2D eigenvalue weighted by atomic mass is 10.1. The third-order valence-corrected chi connectivity index (χ3v) is 4.89. The fraction of sp³-hybridized carbons (Fsp3) is 0.579. The van der Waals surface area contributed by atoms with Crippen molar-refractivity contribution in [3.05, 3.63) is 35.7 Å². The van der Waals surface area contributed by atoms with Gasteiger partial charge in [0.25, 0.3) is 0 Å². The summed E-state index contributed by atoms with van der Waals surface area (Å²) in [5.41, 5.74) is 2.22. The Hall–Kier alpha value is -1.76. The van der Waals surface area contributed by atoms with Crippen LogP contribution >= 0.6 is 0 Å². The summed E-state index contributed by atoms with van der Waals surface area (Å²) in [4.78, 5) is 9.53. The van der Waals surface area contributed by atoms with Crippen molar-refractivity contribution in [2.24, 2.45) is 0 Å². The van der Waals surface area contributed by atoms with Crippen molar-refractivity contribution >= 4 is 0 Å². The third-order valence-electron chi connectivity index (χ3n) is 4.89. The molecule has 0 saturated carbocycles. The molecule has 1 fully saturated rings. The largest absolute Gasteiger partial charge is 0.385 e. The van der Waals surface area contributed by atoms with Gasteiger partial charge in [-0.15, -0.1) is 0 Å². The Labute approximate surface area is 149 Å². The summed E-state index contributed by atoms with van der Waals surface area (Å²) < 4.78 is 10.7. The molecule has 0 radical (unpaired) electrons. The molecule has 0 amide bonds. The Bertz CT molecular complexity index is 648. The van der Waals surface area contributed by atoms with E-state index in [1.54, 1.807) is 7.11 Å². The van der Waals surface area contributed by atoms with E-state index < -0.39 is 0 Å². The van der Waals surface area contributed by atoms with Crippen molar-refractivity contribution < 1.29 is 9.26 Å². The fourth-order valence-corrected chi connectivity index (χ4v) is 3.19. The predicted octanol–water partition coefficient (Wildman–Crippen LogP) is 2.76. The molecule has 0 spiro atoms. The normalized spacial score (nSPS) is 17.7. The third kappa shape index (κ3) is 4.66. The fourth-order valence-electron chi connectivity index (χ4n) is 3.19. The van der Waals surface area contributed by atoms with Crippen LogP contribution in [0.15, 0.2) is 28.8 Å². The molecule has 2 aromatic rings. The van der Waals surface area contributed by atoms with Gasteiger partial charge in [0.2, 0.25) is 11.7 Å². The van der Waals surface area contributed by atoms with Crippen LogP contribution in [0.25, 0.3) is 11.4 Å². The van der Waals surface area contributed by atoms with Crippen molar-refractivity contribution in [2.75, 3.05) is 46.4 Å².